The van der Waals surface area contributed by atoms with E-state index >= 15 is 0 Å². The first-order valence-electron chi connectivity index (χ1n) is 5.98. The van der Waals surface area contributed by atoms with Crippen molar-refractivity contribution in [3.8, 4) is 5.75 Å². The summed E-state index contributed by atoms with van der Waals surface area (Å²) in [6.45, 7) is 8.20. The predicted octanol–water partition coefficient (Wildman–Crippen LogP) is 4.10. The fraction of sp³-hybridized carbons (Fsp3) is 0.538. The van der Waals surface area contributed by atoms with Crippen LogP contribution in [0.3, 0.4) is 0 Å². The molecule has 0 aliphatic rings. The molecule has 0 bridgehead atoms. The highest BCUT2D eigenvalue weighted by Gasteiger charge is 2.05. The zero-order valence-electron chi connectivity index (χ0n) is 10.4. The van der Waals surface area contributed by atoms with Crippen molar-refractivity contribution >= 4 is 23.2 Å². The molecule has 0 N–H and O–H groups in total. The highest BCUT2D eigenvalue weighted by molar-refractivity contribution is 6.42. The summed E-state index contributed by atoms with van der Waals surface area (Å²) in [6, 6.07) is 5.44. The first kappa shape index (κ1) is 14.6. The summed E-state index contributed by atoms with van der Waals surface area (Å²) < 4.78 is 5.61. The summed E-state index contributed by atoms with van der Waals surface area (Å²) >= 11 is 11.9. The lowest BCUT2D eigenvalue weighted by Gasteiger charge is -2.17. The van der Waals surface area contributed by atoms with Crippen molar-refractivity contribution in [3.05, 3.63) is 28.2 Å². The molecule has 0 unspecified atom stereocenters. The SMILES string of the molecule is CCN(CC)CCCOc1cccc(Cl)c1Cl. The Morgan fingerprint density at radius 3 is 2.53 bits per heavy atom. The third-order valence-corrected chi connectivity index (χ3v) is 3.49. The Bertz CT molecular complexity index is 340. The summed E-state index contributed by atoms with van der Waals surface area (Å²) in [7, 11) is 0. The molecule has 0 aromatic heterocycles. The second kappa shape index (κ2) is 7.80. The van der Waals surface area contributed by atoms with Crippen LogP contribution in [0.25, 0.3) is 0 Å². The summed E-state index contributed by atoms with van der Waals surface area (Å²) in [4.78, 5) is 2.36. The molecule has 2 nitrogen and oxygen atoms in total. The fourth-order valence-electron chi connectivity index (χ4n) is 1.61. The first-order valence-corrected chi connectivity index (χ1v) is 6.73. The van der Waals surface area contributed by atoms with Gasteiger partial charge in [-0.25, -0.2) is 0 Å². The largest absolute Gasteiger partial charge is 0.492 e. The van der Waals surface area contributed by atoms with Gasteiger partial charge < -0.3 is 9.64 Å². The topological polar surface area (TPSA) is 12.5 Å². The maximum Gasteiger partial charge on any atom is 0.139 e. The van der Waals surface area contributed by atoms with E-state index in [1.807, 2.05) is 12.1 Å². The van der Waals surface area contributed by atoms with Crippen LogP contribution in [0.4, 0.5) is 0 Å². The summed E-state index contributed by atoms with van der Waals surface area (Å²) in [5, 5.41) is 1.03. The normalized spacial score (nSPS) is 10.9. The molecule has 4 heteroatoms. The molecule has 0 saturated carbocycles. The molecule has 0 atom stereocenters. The van der Waals surface area contributed by atoms with Crippen molar-refractivity contribution in [1.29, 1.82) is 0 Å². The highest BCUT2D eigenvalue weighted by Crippen LogP contribution is 2.31. The Morgan fingerprint density at radius 1 is 1.18 bits per heavy atom. The lowest BCUT2D eigenvalue weighted by Crippen LogP contribution is -2.25. The molecule has 0 spiro atoms. The quantitative estimate of drug-likeness (QED) is 0.695. The summed E-state index contributed by atoms with van der Waals surface area (Å²) in [5.74, 6) is 0.665. The van der Waals surface area contributed by atoms with Gasteiger partial charge in [0.25, 0.3) is 0 Å². The molecule has 0 radical (unpaired) electrons. The monoisotopic (exact) mass is 275 g/mol. The molecule has 1 aromatic rings. The minimum atomic E-state index is 0.497. The second-order valence-corrected chi connectivity index (χ2v) is 4.57. The fourth-order valence-corrected chi connectivity index (χ4v) is 1.95. The van der Waals surface area contributed by atoms with Gasteiger partial charge in [0.2, 0.25) is 0 Å². The van der Waals surface area contributed by atoms with E-state index in [4.69, 9.17) is 27.9 Å². The van der Waals surface area contributed by atoms with E-state index in [2.05, 4.69) is 18.7 Å². The molecule has 1 rings (SSSR count). The standard InChI is InChI=1S/C13H19Cl2NO/c1-3-16(4-2)9-6-10-17-12-8-5-7-11(14)13(12)15/h5,7-8H,3-4,6,9-10H2,1-2H3. The van der Waals surface area contributed by atoms with Crippen molar-refractivity contribution in [2.24, 2.45) is 0 Å². The Morgan fingerprint density at radius 2 is 1.88 bits per heavy atom. The number of nitrogens with zero attached hydrogens (tertiary/aromatic N) is 1. The average Bonchev–Trinajstić information content (AvgIpc) is 2.34. The van der Waals surface area contributed by atoms with Gasteiger partial charge >= 0.3 is 0 Å². The third kappa shape index (κ3) is 4.74. The summed E-state index contributed by atoms with van der Waals surface area (Å²) in [6.07, 6.45) is 0.991. The Balaban J connectivity index is 2.33. The minimum absolute atomic E-state index is 0.497. The van der Waals surface area contributed by atoms with Gasteiger partial charge in [-0.1, -0.05) is 43.1 Å². The van der Waals surface area contributed by atoms with E-state index in [1.54, 1.807) is 6.07 Å². The van der Waals surface area contributed by atoms with Crippen LogP contribution in [0.1, 0.15) is 20.3 Å². The number of hydrogen-bond donors (Lipinski definition) is 0. The van der Waals surface area contributed by atoms with Gasteiger partial charge in [0.15, 0.2) is 0 Å². The van der Waals surface area contributed by atoms with Crippen molar-refractivity contribution in [1.82, 2.24) is 4.90 Å². The number of hydrogen-bond acceptors (Lipinski definition) is 2. The number of ether oxygens (including phenoxy) is 1. The Labute approximate surface area is 113 Å². The maximum absolute atomic E-state index is 6.02. The molecule has 96 valence electrons. The van der Waals surface area contributed by atoms with Crippen LogP contribution in [0.2, 0.25) is 10.0 Å². The van der Waals surface area contributed by atoms with Crippen LogP contribution < -0.4 is 4.74 Å². The van der Waals surface area contributed by atoms with Crippen LogP contribution in [-0.2, 0) is 0 Å². The van der Waals surface area contributed by atoms with Crippen molar-refractivity contribution in [3.63, 3.8) is 0 Å². The van der Waals surface area contributed by atoms with E-state index in [9.17, 15) is 0 Å². The lowest BCUT2D eigenvalue weighted by atomic mass is 10.3. The number of halogens is 2. The molecule has 0 heterocycles. The van der Waals surface area contributed by atoms with Crippen LogP contribution in [-0.4, -0.2) is 31.1 Å². The average molecular weight is 276 g/mol. The van der Waals surface area contributed by atoms with Crippen molar-refractivity contribution in [2.75, 3.05) is 26.2 Å². The minimum Gasteiger partial charge on any atom is -0.492 e. The van der Waals surface area contributed by atoms with E-state index in [1.165, 1.54) is 0 Å². The molecule has 0 amide bonds. The summed E-state index contributed by atoms with van der Waals surface area (Å²) in [5.41, 5.74) is 0. The first-order chi connectivity index (χ1) is 8.19. The number of benzene rings is 1. The van der Waals surface area contributed by atoms with Crippen molar-refractivity contribution in [2.45, 2.75) is 20.3 Å². The molecule has 0 aliphatic carbocycles. The van der Waals surface area contributed by atoms with E-state index < -0.39 is 0 Å². The van der Waals surface area contributed by atoms with Gasteiger partial charge in [-0.2, -0.15) is 0 Å². The Hall–Kier alpha value is -0.440. The second-order valence-electron chi connectivity index (χ2n) is 3.78. The molecule has 0 saturated heterocycles. The van der Waals surface area contributed by atoms with E-state index in [0.29, 0.717) is 22.4 Å². The van der Waals surface area contributed by atoms with Crippen LogP contribution in [0.15, 0.2) is 18.2 Å². The molecule has 17 heavy (non-hydrogen) atoms. The van der Waals surface area contributed by atoms with Gasteiger partial charge in [0.05, 0.1) is 11.6 Å². The third-order valence-electron chi connectivity index (χ3n) is 2.69. The van der Waals surface area contributed by atoms with Gasteiger partial charge in [-0.15, -0.1) is 0 Å². The zero-order valence-corrected chi connectivity index (χ0v) is 11.9. The van der Waals surface area contributed by atoms with Gasteiger partial charge in [0, 0.05) is 6.54 Å². The molecule has 1 aromatic carbocycles. The molecular weight excluding hydrogens is 257 g/mol. The number of rotatable bonds is 7. The Kier molecular flexibility index (Phi) is 6.71. The van der Waals surface area contributed by atoms with E-state index in [0.717, 1.165) is 26.1 Å². The van der Waals surface area contributed by atoms with Crippen LogP contribution in [0, 0.1) is 0 Å². The predicted molar refractivity (Wildman–Crippen MR) is 74.4 cm³/mol. The van der Waals surface area contributed by atoms with Crippen LogP contribution >= 0.6 is 23.2 Å². The molecule has 0 aliphatic heterocycles. The van der Waals surface area contributed by atoms with Crippen LogP contribution in [0.5, 0.6) is 5.75 Å². The maximum atomic E-state index is 6.02. The highest BCUT2D eigenvalue weighted by atomic mass is 35.5. The van der Waals surface area contributed by atoms with Gasteiger partial charge in [0.1, 0.15) is 10.8 Å². The van der Waals surface area contributed by atoms with E-state index in [-0.39, 0.29) is 0 Å². The van der Waals surface area contributed by atoms with Gasteiger partial charge in [-0.05, 0) is 31.6 Å². The molecule has 0 fully saturated rings. The van der Waals surface area contributed by atoms with Crippen molar-refractivity contribution < 1.29 is 4.74 Å². The molecular formula is C13H19Cl2NO. The zero-order chi connectivity index (χ0) is 12.7. The van der Waals surface area contributed by atoms with Gasteiger partial charge in [-0.3, -0.25) is 0 Å². The lowest BCUT2D eigenvalue weighted by molar-refractivity contribution is 0.249. The smallest absolute Gasteiger partial charge is 0.139 e.